The van der Waals surface area contributed by atoms with E-state index >= 15 is 0 Å². The molecule has 2 rings (SSSR count). The summed E-state index contributed by atoms with van der Waals surface area (Å²) in [7, 11) is 1.61. The van der Waals surface area contributed by atoms with Gasteiger partial charge in [-0.05, 0) is 37.1 Å². The Morgan fingerprint density at radius 1 is 1.26 bits per heavy atom. The van der Waals surface area contributed by atoms with E-state index < -0.39 is 0 Å². The van der Waals surface area contributed by atoms with Crippen LogP contribution in [0, 0.1) is 5.92 Å². The Bertz CT molecular complexity index is 641. The maximum Gasteiger partial charge on any atom is 0.206 e. The molecule has 1 aromatic carbocycles. The zero-order valence-electron chi connectivity index (χ0n) is 13.7. The van der Waals surface area contributed by atoms with Gasteiger partial charge in [0.2, 0.25) is 5.13 Å². The zero-order chi connectivity index (χ0) is 16.8. The number of nitrogens with zero attached hydrogens (tertiary/aromatic N) is 2. The average molecular weight is 351 g/mol. The first-order chi connectivity index (χ1) is 11.0. The van der Waals surface area contributed by atoms with Crippen molar-refractivity contribution in [2.45, 2.75) is 30.4 Å². The lowest BCUT2D eigenvalue weighted by atomic mass is 10.1. The molecule has 0 radical (unpaired) electrons. The average Bonchev–Trinajstić information content (AvgIpc) is 2.99. The van der Waals surface area contributed by atoms with Crippen LogP contribution < -0.4 is 10.1 Å². The second kappa shape index (κ2) is 8.31. The topological polar surface area (TPSA) is 64.1 Å². The number of aromatic nitrogens is 2. The number of ether oxygens (including phenoxy) is 1. The number of anilines is 1. The van der Waals surface area contributed by atoms with Crippen LogP contribution in [0.1, 0.15) is 31.1 Å². The fourth-order valence-corrected chi connectivity index (χ4v) is 3.80. The summed E-state index contributed by atoms with van der Waals surface area (Å²) in [6, 6.07) is 7.16. The van der Waals surface area contributed by atoms with Gasteiger partial charge in [-0.25, -0.2) is 0 Å². The number of nitrogens with one attached hydrogen (secondary N) is 1. The Hall–Kier alpha value is -1.60. The zero-order valence-corrected chi connectivity index (χ0v) is 15.3. The van der Waals surface area contributed by atoms with Gasteiger partial charge in [-0.15, -0.1) is 10.2 Å². The van der Waals surface area contributed by atoms with Crippen molar-refractivity contribution in [2.75, 3.05) is 19.0 Å². The SMILES string of the molecule is COc1ccc(C(=O)[C@H](C)Sc2nnc(NCC(C)C)s2)cc1. The van der Waals surface area contributed by atoms with Gasteiger partial charge < -0.3 is 10.1 Å². The highest BCUT2D eigenvalue weighted by molar-refractivity contribution is 8.02. The Balaban J connectivity index is 1.95. The molecule has 0 saturated carbocycles. The largest absolute Gasteiger partial charge is 0.497 e. The molecule has 0 bridgehead atoms. The number of methoxy groups -OCH3 is 1. The lowest BCUT2D eigenvalue weighted by molar-refractivity contribution is 0.0994. The number of Topliss-reactive ketones (excluding diaryl/α,β-unsaturated/α-hetero) is 1. The first-order valence-electron chi connectivity index (χ1n) is 7.42. The molecule has 7 heteroatoms. The number of rotatable bonds is 8. The van der Waals surface area contributed by atoms with Crippen molar-refractivity contribution >= 4 is 34.0 Å². The summed E-state index contributed by atoms with van der Waals surface area (Å²) in [5.41, 5.74) is 0.675. The predicted octanol–water partition coefficient (Wildman–Crippen LogP) is 3.98. The van der Waals surface area contributed by atoms with Crippen LogP contribution in [0.4, 0.5) is 5.13 Å². The molecule has 23 heavy (non-hydrogen) atoms. The maximum absolute atomic E-state index is 12.4. The highest BCUT2D eigenvalue weighted by atomic mass is 32.2. The standard InChI is InChI=1S/C16H21N3O2S2/c1-10(2)9-17-15-18-19-16(23-15)22-11(3)14(20)12-5-7-13(21-4)8-6-12/h5-8,10-11H,9H2,1-4H3,(H,17,18)/t11-/m0/s1. The minimum Gasteiger partial charge on any atom is -0.497 e. The van der Waals surface area contributed by atoms with Crippen molar-refractivity contribution in [1.29, 1.82) is 0 Å². The molecule has 0 unspecified atom stereocenters. The van der Waals surface area contributed by atoms with E-state index in [2.05, 4.69) is 29.4 Å². The van der Waals surface area contributed by atoms with Crippen LogP contribution in [0.5, 0.6) is 5.75 Å². The minimum atomic E-state index is -0.214. The second-order valence-electron chi connectivity index (χ2n) is 5.50. The smallest absolute Gasteiger partial charge is 0.206 e. The number of carbonyl (C=O) groups is 1. The fraction of sp³-hybridized carbons (Fsp3) is 0.438. The van der Waals surface area contributed by atoms with E-state index in [0.29, 0.717) is 11.5 Å². The summed E-state index contributed by atoms with van der Waals surface area (Å²) in [6.45, 7) is 7.03. The predicted molar refractivity (Wildman–Crippen MR) is 95.9 cm³/mol. The van der Waals surface area contributed by atoms with Gasteiger partial charge in [0, 0.05) is 12.1 Å². The molecule has 0 aliphatic carbocycles. The summed E-state index contributed by atoms with van der Waals surface area (Å²) in [5.74, 6) is 1.36. The summed E-state index contributed by atoms with van der Waals surface area (Å²) in [4.78, 5) is 12.4. The molecule has 0 spiro atoms. The van der Waals surface area contributed by atoms with E-state index in [1.807, 2.05) is 6.92 Å². The van der Waals surface area contributed by atoms with Gasteiger partial charge in [0.25, 0.3) is 0 Å². The van der Waals surface area contributed by atoms with Crippen LogP contribution >= 0.6 is 23.1 Å². The van der Waals surface area contributed by atoms with E-state index in [1.165, 1.54) is 23.1 Å². The van der Waals surface area contributed by atoms with Crippen molar-refractivity contribution in [3.63, 3.8) is 0 Å². The van der Waals surface area contributed by atoms with Crippen LogP contribution in [0.2, 0.25) is 0 Å². The molecule has 0 amide bonds. The van der Waals surface area contributed by atoms with Gasteiger partial charge in [-0.2, -0.15) is 0 Å². The number of thioether (sulfide) groups is 1. The van der Waals surface area contributed by atoms with Gasteiger partial charge in [0.15, 0.2) is 10.1 Å². The van der Waals surface area contributed by atoms with E-state index in [9.17, 15) is 4.79 Å². The molecule has 0 fully saturated rings. The van der Waals surface area contributed by atoms with Gasteiger partial charge in [-0.1, -0.05) is 36.9 Å². The van der Waals surface area contributed by atoms with Gasteiger partial charge in [0.1, 0.15) is 5.75 Å². The third-order valence-corrected chi connectivity index (χ3v) is 5.15. The van der Waals surface area contributed by atoms with E-state index in [4.69, 9.17) is 4.74 Å². The molecule has 2 aromatic rings. The van der Waals surface area contributed by atoms with Gasteiger partial charge in [-0.3, -0.25) is 4.79 Å². The molecule has 0 aliphatic rings. The van der Waals surface area contributed by atoms with E-state index in [0.717, 1.165) is 21.8 Å². The quantitative estimate of drug-likeness (QED) is 0.573. The highest BCUT2D eigenvalue weighted by Crippen LogP contribution is 2.30. The van der Waals surface area contributed by atoms with Crippen molar-refractivity contribution < 1.29 is 9.53 Å². The number of ketones is 1. The number of carbonyl (C=O) groups excluding carboxylic acids is 1. The highest BCUT2D eigenvalue weighted by Gasteiger charge is 2.19. The van der Waals surface area contributed by atoms with Crippen molar-refractivity contribution in [1.82, 2.24) is 10.2 Å². The third-order valence-electron chi connectivity index (χ3n) is 3.09. The van der Waals surface area contributed by atoms with Crippen molar-refractivity contribution in [3.05, 3.63) is 29.8 Å². The molecule has 1 atom stereocenters. The van der Waals surface area contributed by atoms with Gasteiger partial charge >= 0.3 is 0 Å². The lowest BCUT2D eigenvalue weighted by Gasteiger charge is -2.08. The molecular formula is C16H21N3O2S2. The second-order valence-corrected chi connectivity index (χ2v) is 8.07. The number of benzene rings is 1. The third kappa shape index (κ3) is 5.21. The molecule has 0 aliphatic heterocycles. The molecule has 5 nitrogen and oxygen atoms in total. The van der Waals surface area contributed by atoms with Crippen LogP contribution in [0.25, 0.3) is 0 Å². The summed E-state index contributed by atoms with van der Waals surface area (Å²) >= 11 is 2.91. The maximum atomic E-state index is 12.4. The first-order valence-corrected chi connectivity index (χ1v) is 9.11. The first kappa shape index (κ1) is 17.7. The number of hydrogen-bond acceptors (Lipinski definition) is 7. The summed E-state index contributed by atoms with van der Waals surface area (Å²) < 4.78 is 5.90. The fourth-order valence-electron chi connectivity index (χ4n) is 1.82. The van der Waals surface area contributed by atoms with E-state index in [1.54, 1.807) is 31.4 Å². The molecule has 1 aromatic heterocycles. The molecular weight excluding hydrogens is 330 g/mol. The monoisotopic (exact) mass is 351 g/mol. The van der Waals surface area contributed by atoms with Crippen LogP contribution in [0.3, 0.4) is 0 Å². The normalized spacial score (nSPS) is 12.2. The minimum absolute atomic E-state index is 0.0737. The molecule has 1 heterocycles. The van der Waals surface area contributed by atoms with Gasteiger partial charge in [0.05, 0.1) is 12.4 Å². The van der Waals surface area contributed by atoms with Crippen molar-refractivity contribution in [2.24, 2.45) is 5.92 Å². The molecule has 1 N–H and O–H groups in total. The Labute approximate surface area is 144 Å². The lowest BCUT2D eigenvalue weighted by Crippen LogP contribution is -2.13. The summed E-state index contributed by atoms with van der Waals surface area (Å²) in [6.07, 6.45) is 0. The Morgan fingerprint density at radius 2 is 1.96 bits per heavy atom. The van der Waals surface area contributed by atoms with E-state index in [-0.39, 0.29) is 11.0 Å². The summed E-state index contributed by atoms with van der Waals surface area (Å²) in [5, 5.41) is 12.1. The van der Waals surface area contributed by atoms with Crippen molar-refractivity contribution in [3.8, 4) is 5.75 Å². The molecule has 0 saturated heterocycles. The molecule has 124 valence electrons. The van der Waals surface area contributed by atoms with Crippen LogP contribution in [0.15, 0.2) is 28.6 Å². The van der Waals surface area contributed by atoms with Crippen LogP contribution in [-0.2, 0) is 0 Å². The van der Waals surface area contributed by atoms with Crippen LogP contribution in [-0.4, -0.2) is 34.9 Å². The number of hydrogen-bond donors (Lipinski definition) is 1. The Kier molecular flexibility index (Phi) is 6.41. The Morgan fingerprint density at radius 3 is 2.57 bits per heavy atom.